The van der Waals surface area contributed by atoms with Crippen LogP contribution in [0.4, 0.5) is 0 Å². The first-order chi connectivity index (χ1) is 11.2. The van der Waals surface area contributed by atoms with Crippen LogP contribution in [0.5, 0.6) is 5.75 Å². The van der Waals surface area contributed by atoms with E-state index in [1.807, 2.05) is 30.5 Å². The Morgan fingerprint density at radius 1 is 1.13 bits per heavy atom. The van der Waals surface area contributed by atoms with Crippen LogP contribution in [0.1, 0.15) is 21.6 Å². The monoisotopic (exact) mass is 371 g/mol. The lowest BCUT2D eigenvalue weighted by molar-refractivity contribution is 0.112. The number of halogens is 1. The molecule has 0 saturated carbocycles. The molecule has 6 heteroatoms. The number of benzene rings is 2. The molecule has 5 nitrogen and oxygen atoms in total. The number of carbonyl (C=O) groups is 1. The molecule has 116 valence electrons. The molecular formula is C17H14BrN3O2. The Bertz CT molecular complexity index is 800. The van der Waals surface area contributed by atoms with E-state index in [0.29, 0.717) is 24.5 Å². The van der Waals surface area contributed by atoms with Gasteiger partial charge in [0.25, 0.3) is 0 Å². The van der Waals surface area contributed by atoms with E-state index in [1.165, 1.54) is 0 Å². The van der Waals surface area contributed by atoms with Crippen molar-refractivity contribution < 1.29 is 9.53 Å². The van der Waals surface area contributed by atoms with Gasteiger partial charge in [-0.05, 0) is 35.9 Å². The second-order valence-corrected chi connectivity index (χ2v) is 5.83. The lowest BCUT2D eigenvalue weighted by Gasteiger charge is -2.04. The third-order valence-corrected chi connectivity index (χ3v) is 4.05. The highest BCUT2D eigenvalue weighted by atomic mass is 79.9. The largest absolute Gasteiger partial charge is 0.487 e. The van der Waals surface area contributed by atoms with Crippen LogP contribution in [0.3, 0.4) is 0 Å². The number of rotatable bonds is 6. The minimum Gasteiger partial charge on any atom is -0.487 e. The van der Waals surface area contributed by atoms with Gasteiger partial charge in [0.05, 0.1) is 12.7 Å². The fourth-order valence-corrected chi connectivity index (χ4v) is 2.49. The van der Waals surface area contributed by atoms with Crippen molar-refractivity contribution in [2.75, 3.05) is 0 Å². The molecule has 3 rings (SSSR count). The van der Waals surface area contributed by atoms with Gasteiger partial charge in [-0.1, -0.05) is 39.3 Å². The van der Waals surface area contributed by atoms with Crippen molar-refractivity contribution in [1.29, 1.82) is 0 Å². The highest BCUT2D eigenvalue weighted by molar-refractivity contribution is 9.10. The van der Waals surface area contributed by atoms with Gasteiger partial charge in [-0.15, -0.1) is 5.10 Å². The summed E-state index contributed by atoms with van der Waals surface area (Å²) in [5.41, 5.74) is 2.50. The summed E-state index contributed by atoms with van der Waals surface area (Å²) in [5.74, 6) is 0.691. The van der Waals surface area contributed by atoms with E-state index >= 15 is 0 Å². The smallest absolute Gasteiger partial charge is 0.150 e. The molecule has 0 radical (unpaired) electrons. The molecule has 0 aliphatic carbocycles. The van der Waals surface area contributed by atoms with E-state index in [-0.39, 0.29) is 0 Å². The van der Waals surface area contributed by atoms with Crippen LogP contribution in [0, 0.1) is 0 Å². The van der Waals surface area contributed by atoms with E-state index in [4.69, 9.17) is 4.74 Å². The first kappa shape index (κ1) is 15.4. The highest BCUT2D eigenvalue weighted by Gasteiger charge is 2.05. The first-order valence-corrected chi connectivity index (χ1v) is 7.84. The van der Waals surface area contributed by atoms with Crippen LogP contribution < -0.4 is 4.74 Å². The normalized spacial score (nSPS) is 10.5. The molecule has 0 unspecified atom stereocenters. The summed E-state index contributed by atoms with van der Waals surface area (Å²) in [6.45, 7) is 0.971. The lowest BCUT2D eigenvalue weighted by atomic mass is 10.2. The van der Waals surface area contributed by atoms with Crippen LogP contribution in [-0.2, 0) is 13.2 Å². The van der Waals surface area contributed by atoms with E-state index < -0.39 is 0 Å². The van der Waals surface area contributed by atoms with Crippen molar-refractivity contribution in [3.63, 3.8) is 0 Å². The minimum absolute atomic E-state index is 0.330. The molecule has 23 heavy (non-hydrogen) atoms. The van der Waals surface area contributed by atoms with Crippen molar-refractivity contribution in [3.05, 3.63) is 76.0 Å². The van der Waals surface area contributed by atoms with Crippen LogP contribution in [-0.4, -0.2) is 21.3 Å². The predicted octanol–water partition coefficient (Wildman–Crippen LogP) is 3.48. The van der Waals surface area contributed by atoms with E-state index in [9.17, 15) is 4.79 Å². The molecule has 2 aromatic carbocycles. The van der Waals surface area contributed by atoms with Crippen LogP contribution in [0.25, 0.3) is 0 Å². The highest BCUT2D eigenvalue weighted by Crippen LogP contribution is 2.17. The summed E-state index contributed by atoms with van der Waals surface area (Å²) in [6, 6.07) is 15.0. The zero-order valence-electron chi connectivity index (χ0n) is 12.2. The molecule has 0 aliphatic rings. The average molecular weight is 372 g/mol. The summed E-state index contributed by atoms with van der Waals surface area (Å²) >= 11 is 3.52. The molecule has 0 amide bonds. The van der Waals surface area contributed by atoms with Gasteiger partial charge in [-0.2, -0.15) is 0 Å². The number of carbonyl (C=O) groups excluding carboxylic acids is 1. The molecule has 0 saturated heterocycles. The molecular weight excluding hydrogens is 358 g/mol. The fourth-order valence-electron chi connectivity index (χ4n) is 2.08. The van der Waals surface area contributed by atoms with Gasteiger partial charge in [0.2, 0.25) is 0 Å². The number of nitrogens with zero attached hydrogens (tertiary/aromatic N) is 3. The van der Waals surface area contributed by atoms with E-state index in [0.717, 1.165) is 22.0 Å². The molecule has 1 heterocycles. The zero-order valence-corrected chi connectivity index (χ0v) is 13.8. The van der Waals surface area contributed by atoms with Crippen LogP contribution >= 0.6 is 15.9 Å². The Kier molecular flexibility index (Phi) is 4.83. The maximum Gasteiger partial charge on any atom is 0.150 e. The van der Waals surface area contributed by atoms with Gasteiger partial charge < -0.3 is 4.74 Å². The Morgan fingerprint density at radius 3 is 2.65 bits per heavy atom. The number of aromatic nitrogens is 3. The van der Waals surface area contributed by atoms with Crippen molar-refractivity contribution in [3.8, 4) is 5.75 Å². The van der Waals surface area contributed by atoms with Crippen molar-refractivity contribution >= 4 is 22.2 Å². The Balaban J connectivity index is 1.60. The van der Waals surface area contributed by atoms with E-state index in [2.05, 4.69) is 26.2 Å². The van der Waals surface area contributed by atoms with Gasteiger partial charge in [-0.3, -0.25) is 4.79 Å². The summed E-state index contributed by atoms with van der Waals surface area (Å²) in [4.78, 5) is 10.6. The minimum atomic E-state index is 0.330. The second kappa shape index (κ2) is 7.19. The zero-order chi connectivity index (χ0) is 16.1. The number of aldehydes is 1. The molecule has 0 N–H and O–H groups in total. The molecule has 1 aromatic heterocycles. The first-order valence-electron chi connectivity index (χ1n) is 7.05. The van der Waals surface area contributed by atoms with Crippen molar-refractivity contribution in [2.45, 2.75) is 13.2 Å². The van der Waals surface area contributed by atoms with Gasteiger partial charge >= 0.3 is 0 Å². The second-order valence-electron chi connectivity index (χ2n) is 4.97. The SMILES string of the molecule is O=Cc1ccc(OCc2cn(Cc3ccccc3Br)nn2)cc1. The standard InChI is InChI=1S/C17H14BrN3O2/c18-17-4-2-1-3-14(17)9-21-10-15(19-20-21)12-23-16-7-5-13(11-22)6-8-16/h1-8,10-11H,9,12H2. The van der Waals surface area contributed by atoms with Crippen molar-refractivity contribution in [2.24, 2.45) is 0 Å². The maximum atomic E-state index is 10.6. The lowest BCUT2D eigenvalue weighted by Crippen LogP contribution is -2.01. The summed E-state index contributed by atoms with van der Waals surface area (Å²) in [7, 11) is 0. The number of hydrogen-bond acceptors (Lipinski definition) is 4. The third kappa shape index (κ3) is 4.04. The van der Waals surface area contributed by atoms with Crippen molar-refractivity contribution in [1.82, 2.24) is 15.0 Å². The number of hydrogen-bond donors (Lipinski definition) is 0. The van der Waals surface area contributed by atoms with E-state index in [1.54, 1.807) is 28.9 Å². The van der Waals surface area contributed by atoms with Gasteiger partial charge in [0.15, 0.2) is 0 Å². The molecule has 0 aliphatic heterocycles. The third-order valence-electron chi connectivity index (χ3n) is 3.28. The average Bonchev–Trinajstić information content (AvgIpc) is 3.03. The topological polar surface area (TPSA) is 57.0 Å². The Labute approximate surface area is 142 Å². The van der Waals surface area contributed by atoms with Gasteiger partial charge in [0, 0.05) is 10.0 Å². The number of ether oxygens (including phenoxy) is 1. The molecule has 0 fully saturated rings. The molecule has 0 spiro atoms. The summed E-state index contributed by atoms with van der Waals surface area (Å²) in [5, 5.41) is 8.22. The Morgan fingerprint density at radius 2 is 1.91 bits per heavy atom. The van der Waals surface area contributed by atoms with Gasteiger partial charge in [-0.25, -0.2) is 4.68 Å². The molecule has 0 atom stereocenters. The molecule has 3 aromatic rings. The maximum absolute atomic E-state index is 10.6. The Hall–Kier alpha value is -2.47. The van der Waals surface area contributed by atoms with Crippen LogP contribution in [0.2, 0.25) is 0 Å². The van der Waals surface area contributed by atoms with Crippen LogP contribution in [0.15, 0.2) is 59.2 Å². The molecule has 0 bridgehead atoms. The fraction of sp³-hybridized carbons (Fsp3) is 0.118. The predicted molar refractivity (Wildman–Crippen MR) is 89.4 cm³/mol. The quantitative estimate of drug-likeness (QED) is 0.622. The summed E-state index contributed by atoms with van der Waals surface area (Å²) in [6.07, 6.45) is 2.66. The summed E-state index contributed by atoms with van der Waals surface area (Å²) < 4.78 is 8.45. The van der Waals surface area contributed by atoms with Gasteiger partial charge in [0.1, 0.15) is 24.3 Å².